The fourth-order valence-electron chi connectivity index (χ4n) is 3.26. The number of hydrogen-bond acceptors (Lipinski definition) is 4. The third kappa shape index (κ3) is 2.71. The Bertz CT molecular complexity index is 440. The van der Waals surface area contributed by atoms with E-state index in [1.165, 1.54) is 25.7 Å². The Morgan fingerprint density at radius 2 is 1.95 bits per heavy atom. The summed E-state index contributed by atoms with van der Waals surface area (Å²) in [7, 11) is 0. The fraction of sp³-hybridized carbons (Fsp3) is 0.714. The summed E-state index contributed by atoms with van der Waals surface area (Å²) in [6.07, 6.45) is 6.73. The van der Waals surface area contributed by atoms with Crippen LogP contribution in [0.2, 0.25) is 0 Å². The van der Waals surface area contributed by atoms with Crippen molar-refractivity contribution >= 4 is 21.7 Å². The van der Waals surface area contributed by atoms with Crippen molar-refractivity contribution < 1.29 is 4.74 Å². The van der Waals surface area contributed by atoms with Gasteiger partial charge in [0.15, 0.2) is 0 Å². The van der Waals surface area contributed by atoms with E-state index in [4.69, 9.17) is 4.74 Å². The minimum Gasteiger partial charge on any atom is -0.475 e. The molecule has 2 aliphatic heterocycles. The zero-order chi connectivity index (χ0) is 13.4. The average Bonchev–Trinajstić information content (AvgIpc) is 2.61. The Balaban J connectivity index is 1.82. The predicted molar refractivity (Wildman–Crippen MR) is 79.0 cm³/mol. The molecule has 2 saturated heterocycles. The van der Waals surface area contributed by atoms with Crippen LogP contribution < -0.4 is 9.64 Å². The second-order valence-corrected chi connectivity index (χ2v) is 7.04. The van der Waals surface area contributed by atoms with Crippen molar-refractivity contribution in [1.82, 2.24) is 9.97 Å². The van der Waals surface area contributed by atoms with Gasteiger partial charge in [-0.25, -0.2) is 9.97 Å². The highest BCUT2D eigenvalue weighted by Gasteiger charge is 2.40. The second kappa shape index (κ2) is 5.27. The van der Waals surface area contributed by atoms with Gasteiger partial charge in [0.25, 0.3) is 0 Å². The van der Waals surface area contributed by atoms with Crippen LogP contribution in [0, 0.1) is 0 Å². The number of rotatable bonds is 3. The smallest absolute Gasteiger partial charge is 0.218 e. The normalized spacial score (nSPS) is 29.9. The van der Waals surface area contributed by atoms with E-state index in [9.17, 15) is 0 Å². The van der Waals surface area contributed by atoms with Gasteiger partial charge in [-0.15, -0.1) is 0 Å². The summed E-state index contributed by atoms with van der Waals surface area (Å²) in [5.74, 6) is 1.71. The van der Waals surface area contributed by atoms with E-state index in [0.29, 0.717) is 22.8 Å². The number of halogens is 1. The van der Waals surface area contributed by atoms with Crippen molar-refractivity contribution in [3.63, 3.8) is 0 Å². The predicted octanol–water partition coefficient (Wildman–Crippen LogP) is 3.16. The summed E-state index contributed by atoms with van der Waals surface area (Å²) in [6.45, 7) is 4.03. The number of nitrogens with zero attached hydrogens (tertiary/aromatic N) is 3. The number of fused-ring (bicyclic) bond motifs is 2. The molecule has 2 unspecified atom stereocenters. The van der Waals surface area contributed by atoms with Crippen LogP contribution in [-0.4, -0.2) is 33.0 Å². The maximum absolute atomic E-state index is 5.67. The Hall–Kier alpha value is -0.840. The molecule has 4 nitrogen and oxygen atoms in total. The van der Waals surface area contributed by atoms with E-state index < -0.39 is 0 Å². The van der Waals surface area contributed by atoms with Gasteiger partial charge in [0.05, 0.1) is 6.10 Å². The highest BCUT2D eigenvalue weighted by atomic mass is 79.9. The van der Waals surface area contributed by atoms with Crippen LogP contribution in [0.25, 0.3) is 0 Å². The van der Waals surface area contributed by atoms with Gasteiger partial charge in [-0.2, -0.15) is 0 Å². The highest BCUT2D eigenvalue weighted by molar-refractivity contribution is 9.09. The molecule has 19 heavy (non-hydrogen) atoms. The maximum Gasteiger partial charge on any atom is 0.218 e. The molecular weight excluding hydrogens is 306 g/mol. The molecule has 0 amide bonds. The van der Waals surface area contributed by atoms with Crippen LogP contribution in [0.4, 0.5) is 5.82 Å². The van der Waals surface area contributed by atoms with Gasteiger partial charge in [0.1, 0.15) is 12.1 Å². The van der Waals surface area contributed by atoms with Gasteiger partial charge >= 0.3 is 0 Å². The van der Waals surface area contributed by atoms with E-state index >= 15 is 0 Å². The van der Waals surface area contributed by atoms with Crippen LogP contribution in [0.1, 0.15) is 39.5 Å². The van der Waals surface area contributed by atoms with E-state index in [1.54, 1.807) is 6.33 Å². The Labute approximate surface area is 122 Å². The summed E-state index contributed by atoms with van der Waals surface area (Å²) in [5, 5.41) is 0. The van der Waals surface area contributed by atoms with E-state index in [2.05, 4.69) is 30.8 Å². The summed E-state index contributed by atoms with van der Waals surface area (Å²) in [4.78, 5) is 11.8. The molecule has 0 radical (unpaired) electrons. The molecule has 0 aliphatic carbocycles. The molecule has 1 aromatic rings. The molecule has 0 aromatic carbocycles. The number of anilines is 1. The molecule has 2 fully saturated rings. The number of ether oxygens (including phenoxy) is 1. The molecule has 104 valence electrons. The lowest BCUT2D eigenvalue weighted by molar-refractivity contribution is 0.232. The van der Waals surface area contributed by atoms with Crippen molar-refractivity contribution in [1.29, 1.82) is 0 Å². The lowest BCUT2D eigenvalue weighted by Crippen LogP contribution is -2.43. The van der Waals surface area contributed by atoms with Gasteiger partial charge < -0.3 is 9.64 Å². The van der Waals surface area contributed by atoms with Crippen LogP contribution in [0.3, 0.4) is 0 Å². The zero-order valence-electron chi connectivity index (χ0n) is 11.4. The first-order valence-electron chi connectivity index (χ1n) is 7.04. The molecule has 3 rings (SSSR count). The number of alkyl halides is 1. The first-order valence-corrected chi connectivity index (χ1v) is 7.96. The molecule has 1 aromatic heterocycles. The summed E-state index contributed by atoms with van der Waals surface area (Å²) < 4.78 is 5.67. The molecule has 2 aliphatic rings. The Kier molecular flexibility index (Phi) is 3.65. The standard InChI is InChI=1S/C14H20BrN3O/c1-9(2)19-14-7-13(16-8-17-14)18-11-3-4-12(18)6-10(15)5-11/h7-12H,3-6H2,1-2H3. The summed E-state index contributed by atoms with van der Waals surface area (Å²) in [6, 6.07) is 3.22. The first kappa shape index (κ1) is 13.2. The van der Waals surface area contributed by atoms with E-state index in [-0.39, 0.29) is 6.10 Å². The van der Waals surface area contributed by atoms with Crippen molar-refractivity contribution in [2.45, 2.75) is 62.5 Å². The minimum atomic E-state index is 0.146. The quantitative estimate of drug-likeness (QED) is 0.800. The van der Waals surface area contributed by atoms with Gasteiger partial charge in [-0.3, -0.25) is 0 Å². The lowest BCUT2D eigenvalue weighted by Gasteiger charge is -2.38. The zero-order valence-corrected chi connectivity index (χ0v) is 13.0. The SMILES string of the molecule is CC(C)Oc1cc(N2C3CCC2CC(Br)C3)ncn1. The Morgan fingerprint density at radius 1 is 1.26 bits per heavy atom. The van der Waals surface area contributed by atoms with Crippen LogP contribution in [0.15, 0.2) is 12.4 Å². The third-order valence-corrected chi connectivity index (χ3v) is 4.67. The third-order valence-electron chi connectivity index (χ3n) is 3.92. The van der Waals surface area contributed by atoms with Crippen LogP contribution >= 0.6 is 15.9 Å². The molecule has 0 saturated carbocycles. The van der Waals surface area contributed by atoms with Gasteiger partial charge in [0, 0.05) is 23.0 Å². The minimum absolute atomic E-state index is 0.146. The second-order valence-electron chi connectivity index (χ2n) is 5.74. The topological polar surface area (TPSA) is 38.2 Å². The molecule has 0 spiro atoms. The molecule has 5 heteroatoms. The largest absolute Gasteiger partial charge is 0.475 e. The number of piperidine rings is 1. The van der Waals surface area contributed by atoms with Gasteiger partial charge in [-0.1, -0.05) is 15.9 Å². The Morgan fingerprint density at radius 3 is 2.58 bits per heavy atom. The summed E-state index contributed by atoms with van der Waals surface area (Å²) in [5.41, 5.74) is 0. The van der Waals surface area contributed by atoms with Gasteiger partial charge in [-0.05, 0) is 39.5 Å². The summed E-state index contributed by atoms with van der Waals surface area (Å²) >= 11 is 3.77. The lowest BCUT2D eigenvalue weighted by atomic mass is 10.0. The first-order chi connectivity index (χ1) is 9.13. The van der Waals surface area contributed by atoms with Crippen LogP contribution in [0.5, 0.6) is 5.88 Å². The molecular formula is C14H20BrN3O. The van der Waals surface area contributed by atoms with E-state index in [0.717, 1.165) is 5.82 Å². The van der Waals surface area contributed by atoms with Crippen LogP contribution in [-0.2, 0) is 0 Å². The van der Waals surface area contributed by atoms with Crippen molar-refractivity contribution in [2.24, 2.45) is 0 Å². The monoisotopic (exact) mass is 325 g/mol. The fourth-order valence-corrected chi connectivity index (χ4v) is 4.12. The average molecular weight is 326 g/mol. The molecule has 3 heterocycles. The number of hydrogen-bond donors (Lipinski definition) is 0. The van der Waals surface area contributed by atoms with Gasteiger partial charge in [0.2, 0.25) is 5.88 Å². The van der Waals surface area contributed by atoms with Crippen molar-refractivity contribution in [3.8, 4) is 5.88 Å². The molecule has 2 atom stereocenters. The number of aromatic nitrogens is 2. The van der Waals surface area contributed by atoms with E-state index in [1.807, 2.05) is 19.9 Å². The van der Waals surface area contributed by atoms with Crippen molar-refractivity contribution in [2.75, 3.05) is 4.90 Å². The molecule has 0 N–H and O–H groups in total. The molecule has 2 bridgehead atoms. The highest BCUT2D eigenvalue weighted by Crippen LogP contribution is 2.41. The van der Waals surface area contributed by atoms with Crippen molar-refractivity contribution in [3.05, 3.63) is 12.4 Å². The maximum atomic E-state index is 5.67.